The molecule has 3 aliphatic heterocycles. The Morgan fingerprint density at radius 3 is 1.96 bits per heavy atom. The quantitative estimate of drug-likeness (QED) is 0.0456. The molecule has 3 heterocycles. The molecule has 0 bridgehead atoms. The number of benzene rings is 2. The molecule has 27 heteroatoms. The van der Waals surface area contributed by atoms with E-state index >= 15 is 0 Å². The van der Waals surface area contributed by atoms with Crippen LogP contribution in [0.25, 0.3) is 0 Å². The van der Waals surface area contributed by atoms with Crippen LogP contribution in [0.1, 0.15) is 173 Å². The standard InChI is InChI=1S/C70H106N10O17/c1-36(2)52(76-61(90)44(72)15-11-12-30-73-51(83)35-94-46-17-10-8-9-16-45-53(46)78-79-80(45)63-57(87)56(86)59(48(34-82)95-63)97-64-58(88)55(85)54(84)47(33-81)96-64)62(91)74-37(3)60(89)75-41-23-19-39-21-25-50-68(5,43(39)32-41)27-14-29-70(50,7)66(93)77-65(92)69(6)28-13-26-67(4)42-31-40(71)22-18-38(42)20-24-49(67)69/h18-19,22-23,31-32,36-37,44-50,52-59,63-64,81-82,84-88H,8-17,20-21,24-30,33-35,71-72H2,1-7H3,(H,73,83)(H,74,91)(H,75,89)(H,76,90)(H,77,92,93)/t37-,44+,45?,46?,47+,48+,49+,50?,52-,53?,54+,55-,56+,57+,58+,59+,63-,64+,67+,68+,69-,70-/m0/s1. The van der Waals surface area contributed by atoms with Gasteiger partial charge in [-0.15, -0.1) is 0 Å². The summed E-state index contributed by atoms with van der Waals surface area (Å²) in [5.74, 6) is -2.76. The third-order valence-electron chi connectivity index (χ3n) is 23.4. The van der Waals surface area contributed by atoms with Gasteiger partial charge in [-0.3, -0.25) is 34.1 Å². The molecule has 4 unspecified atom stereocenters. The fourth-order valence-electron chi connectivity index (χ4n) is 17.7. The molecular weight excluding hydrogens is 1250 g/mol. The molecule has 2 aromatic rings. The number of nitrogens with zero attached hydrogens (tertiary/aromatic N) is 3. The van der Waals surface area contributed by atoms with E-state index in [1.54, 1.807) is 20.8 Å². The first-order chi connectivity index (χ1) is 46.1. The Hall–Kier alpha value is -5.82. The van der Waals surface area contributed by atoms with Gasteiger partial charge in [-0.25, -0.2) is 5.01 Å². The van der Waals surface area contributed by atoms with Crippen molar-refractivity contribution in [3.8, 4) is 0 Å². The highest BCUT2D eigenvalue weighted by molar-refractivity contribution is 6.01. The number of carbonyl (C=O) groups is 6. The number of ether oxygens (including phenoxy) is 4. The van der Waals surface area contributed by atoms with Crippen LogP contribution in [-0.2, 0) is 71.4 Å². The van der Waals surface area contributed by atoms with Gasteiger partial charge < -0.3 is 87.4 Å². The van der Waals surface area contributed by atoms with Crippen LogP contribution in [0.15, 0.2) is 46.7 Å². The van der Waals surface area contributed by atoms with E-state index in [0.29, 0.717) is 44.2 Å². The molecule has 0 radical (unpaired) electrons. The number of hydrogen-bond donors (Lipinski definition) is 14. The van der Waals surface area contributed by atoms with Crippen LogP contribution >= 0.6 is 0 Å². The van der Waals surface area contributed by atoms with Crippen molar-refractivity contribution in [2.24, 2.45) is 44.7 Å². The van der Waals surface area contributed by atoms with Crippen molar-refractivity contribution >= 4 is 46.8 Å². The van der Waals surface area contributed by atoms with Gasteiger partial charge in [0.25, 0.3) is 0 Å². The van der Waals surface area contributed by atoms with Crippen LogP contribution in [0.3, 0.4) is 0 Å². The summed E-state index contributed by atoms with van der Waals surface area (Å²) in [6.07, 6.45) is -3.73. The first-order valence-electron chi connectivity index (χ1n) is 35.3. The largest absolute Gasteiger partial charge is 0.399 e. The number of aryl methyl sites for hydroxylation is 2. The van der Waals surface area contributed by atoms with E-state index in [1.165, 1.54) is 16.1 Å². The summed E-state index contributed by atoms with van der Waals surface area (Å²) in [4.78, 5) is 83.8. The number of amides is 6. The molecule has 16 N–H and O–H groups in total. The number of unbranched alkanes of at least 4 members (excludes halogenated alkanes) is 1. The van der Waals surface area contributed by atoms with E-state index in [1.807, 2.05) is 31.2 Å². The van der Waals surface area contributed by atoms with E-state index in [-0.39, 0.29) is 54.6 Å². The lowest BCUT2D eigenvalue weighted by molar-refractivity contribution is -0.350. The monoisotopic (exact) mass is 1360 g/mol. The second-order valence-corrected chi connectivity index (χ2v) is 30.2. The van der Waals surface area contributed by atoms with Crippen LogP contribution in [0.4, 0.5) is 11.4 Å². The SMILES string of the molecule is CC(C)[C@H](NC(=O)[C@H](N)CCCCNC(=O)COC1CCCCCC2C1N=NN2[C@H]1O[C@H](CO)[C@@H](O[C@H]2O[C@H](CO)[C@@H](O)[C@H](O)[C@H]2O)[C@H](O)[C@H]1O)C(=O)N[C@@H](C)C(=O)Nc1ccc2c(c1)[C@@]1(C)CCC[C@](C)(C(=O)NC(=O)[C@@]3(C)CCC[C@]4(C)c5cc(N)ccc5CC[C@@H]34)C1CC2. The van der Waals surface area contributed by atoms with Gasteiger partial charge in [0.05, 0.1) is 42.2 Å². The second-order valence-electron chi connectivity index (χ2n) is 30.2. The summed E-state index contributed by atoms with van der Waals surface area (Å²) >= 11 is 0. The molecule has 27 nitrogen and oxygen atoms in total. The molecule has 8 aliphatic rings. The number of aliphatic hydroxyl groups excluding tert-OH is 7. The average molecular weight is 1360 g/mol. The molecule has 2 saturated heterocycles. The number of hydrogen-bond acceptors (Lipinski definition) is 22. The molecule has 2 aromatic carbocycles. The summed E-state index contributed by atoms with van der Waals surface area (Å²) < 4.78 is 23.4. The number of carbonyl (C=O) groups excluding carboxylic acids is 6. The number of fused-ring (bicyclic) bond motifs is 7. The molecule has 0 spiro atoms. The molecule has 6 amide bonds. The molecule has 97 heavy (non-hydrogen) atoms. The van der Waals surface area contributed by atoms with Crippen LogP contribution in [-0.4, -0.2) is 200 Å². The van der Waals surface area contributed by atoms with Gasteiger partial charge in [-0.1, -0.05) is 91.0 Å². The fourth-order valence-corrected chi connectivity index (χ4v) is 17.7. The predicted molar refractivity (Wildman–Crippen MR) is 354 cm³/mol. The molecule has 10 rings (SSSR count). The highest BCUT2D eigenvalue weighted by atomic mass is 16.7. The van der Waals surface area contributed by atoms with Gasteiger partial charge in [0.1, 0.15) is 73.6 Å². The van der Waals surface area contributed by atoms with E-state index in [2.05, 4.69) is 69.8 Å². The number of rotatable bonds is 22. The molecule has 3 saturated carbocycles. The van der Waals surface area contributed by atoms with Gasteiger partial charge in [0, 0.05) is 17.9 Å². The number of imide groups is 1. The van der Waals surface area contributed by atoms with Crippen LogP contribution in [0, 0.1) is 28.6 Å². The van der Waals surface area contributed by atoms with E-state index in [0.717, 1.165) is 87.4 Å². The summed E-state index contributed by atoms with van der Waals surface area (Å²) in [7, 11) is 0. The number of nitrogen functional groups attached to an aromatic ring is 1. The van der Waals surface area contributed by atoms with E-state index < -0.39 is 151 Å². The Balaban J connectivity index is 0.656. The molecule has 22 atom stereocenters. The minimum Gasteiger partial charge on any atom is -0.399 e. The molecule has 5 aliphatic carbocycles. The fraction of sp³-hybridized carbons (Fsp3) is 0.743. The maximum absolute atomic E-state index is 14.8. The van der Waals surface area contributed by atoms with Gasteiger partial charge in [-0.05, 0) is 165 Å². The van der Waals surface area contributed by atoms with Gasteiger partial charge in [-0.2, -0.15) is 5.11 Å². The minimum absolute atomic E-state index is 0.0516. The predicted octanol–water partition coefficient (Wildman–Crippen LogP) is 2.22. The molecule has 0 aromatic heterocycles. The lowest BCUT2D eigenvalue weighted by Gasteiger charge is -2.56. The zero-order valence-electron chi connectivity index (χ0n) is 57.2. The Kier molecular flexibility index (Phi) is 23.3. The third-order valence-corrected chi connectivity index (χ3v) is 23.4. The number of nitrogens with one attached hydrogen (secondary N) is 5. The van der Waals surface area contributed by atoms with Crippen LogP contribution in [0.2, 0.25) is 0 Å². The van der Waals surface area contributed by atoms with Crippen molar-refractivity contribution in [2.45, 2.75) is 273 Å². The second kappa shape index (κ2) is 30.6. The zero-order valence-corrected chi connectivity index (χ0v) is 57.2. The van der Waals surface area contributed by atoms with Gasteiger partial charge in [0.2, 0.25) is 35.4 Å². The smallest absolute Gasteiger partial charge is 0.246 e. The van der Waals surface area contributed by atoms with Gasteiger partial charge in [0.15, 0.2) is 12.5 Å². The summed E-state index contributed by atoms with van der Waals surface area (Å²) in [5.41, 5.74) is 16.4. The normalized spacial score (nSPS) is 36.3. The van der Waals surface area contributed by atoms with Crippen LogP contribution in [0.5, 0.6) is 0 Å². The maximum Gasteiger partial charge on any atom is 0.246 e. The van der Waals surface area contributed by atoms with Crippen molar-refractivity contribution in [1.29, 1.82) is 0 Å². The Morgan fingerprint density at radius 1 is 0.691 bits per heavy atom. The van der Waals surface area contributed by atoms with Crippen molar-refractivity contribution < 1.29 is 83.5 Å². The summed E-state index contributed by atoms with van der Waals surface area (Å²) in [6.45, 7) is 12.2. The lowest BCUT2D eigenvalue weighted by atomic mass is 9.49. The Labute approximate surface area is 567 Å². The number of aliphatic hydroxyl groups is 7. The van der Waals surface area contributed by atoms with Crippen molar-refractivity contribution in [2.75, 3.05) is 37.4 Å². The first-order valence-corrected chi connectivity index (χ1v) is 35.3. The maximum atomic E-state index is 14.8. The van der Waals surface area contributed by atoms with E-state index in [9.17, 15) is 64.5 Å². The van der Waals surface area contributed by atoms with Gasteiger partial charge >= 0.3 is 0 Å². The van der Waals surface area contributed by atoms with Crippen LogP contribution < -0.4 is 38.1 Å². The molecular formula is C70H106N10O17. The van der Waals surface area contributed by atoms with Crippen molar-refractivity contribution in [3.05, 3.63) is 58.7 Å². The van der Waals surface area contributed by atoms with Crippen molar-refractivity contribution in [1.82, 2.24) is 26.3 Å². The lowest BCUT2D eigenvalue weighted by Crippen LogP contribution is -2.67. The van der Waals surface area contributed by atoms with Crippen molar-refractivity contribution in [3.63, 3.8) is 0 Å². The Morgan fingerprint density at radius 2 is 1.32 bits per heavy atom. The zero-order chi connectivity index (χ0) is 70.1. The average Bonchev–Trinajstić information content (AvgIpc) is 1.12. The third kappa shape index (κ3) is 15.0. The minimum atomic E-state index is -1.81. The first kappa shape index (κ1) is 73.9. The van der Waals surface area contributed by atoms with E-state index in [4.69, 9.17) is 30.4 Å². The summed E-state index contributed by atoms with van der Waals surface area (Å²) in [6, 6.07) is 7.97. The Bertz CT molecular complexity index is 3200. The number of anilines is 2. The number of nitrogens with two attached hydrogens (primary N) is 2. The highest BCUT2D eigenvalue weighted by Gasteiger charge is 2.60. The summed E-state index contributed by atoms with van der Waals surface area (Å²) in [5, 5.41) is 98.5. The highest BCUT2D eigenvalue weighted by Crippen LogP contribution is 2.60. The molecule has 538 valence electrons. The molecule has 5 fully saturated rings. The topological polar surface area (TPSA) is 421 Å².